The van der Waals surface area contributed by atoms with E-state index in [1.165, 1.54) is 12.1 Å². The smallest absolute Gasteiger partial charge is 0.335 e. The van der Waals surface area contributed by atoms with E-state index < -0.39 is 11.9 Å². The molecule has 0 spiro atoms. The van der Waals surface area contributed by atoms with Gasteiger partial charge in [-0.3, -0.25) is 4.79 Å². The van der Waals surface area contributed by atoms with Gasteiger partial charge in [-0.25, -0.2) is 4.79 Å². The second-order valence-electron chi connectivity index (χ2n) is 4.29. The second kappa shape index (κ2) is 6.41. The van der Waals surface area contributed by atoms with Crippen LogP contribution < -0.4 is 10.5 Å². The van der Waals surface area contributed by atoms with E-state index in [1.54, 1.807) is 30.3 Å². The van der Waals surface area contributed by atoms with E-state index >= 15 is 0 Å². The molecule has 0 aliphatic rings. The minimum absolute atomic E-state index is 0.196. The Morgan fingerprint density at radius 1 is 1.14 bits per heavy atom. The summed E-state index contributed by atoms with van der Waals surface area (Å²) >= 11 is 3.31. The van der Waals surface area contributed by atoms with E-state index in [0.29, 0.717) is 15.8 Å². The molecule has 0 saturated carbocycles. The lowest BCUT2D eigenvalue weighted by molar-refractivity contribution is 0.0696. The third-order valence-corrected chi connectivity index (χ3v) is 3.55. The molecule has 21 heavy (non-hydrogen) atoms. The Kier molecular flexibility index (Phi) is 4.59. The molecule has 0 radical (unpaired) electrons. The monoisotopic (exact) mass is 349 g/mol. The minimum atomic E-state index is -0.989. The van der Waals surface area contributed by atoms with Gasteiger partial charge in [-0.1, -0.05) is 28.1 Å². The number of ether oxygens (including phenoxy) is 1. The lowest BCUT2D eigenvalue weighted by atomic mass is 10.1. The fourth-order valence-corrected chi connectivity index (χ4v) is 2.19. The van der Waals surface area contributed by atoms with E-state index in [0.717, 1.165) is 5.56 Å². The molecule has 1 amide bonds. The fourth-order valence-electron chi connectivity index (χ4n) is 1.70. The number of benzene rings is 2. The largest absolute Gasteiger partial charge is 0.489 e. The van der Waals surface area contributed by atoms with Crippen molar-refractivity contribution < 1.29 is 19.4 Å². The Hall–Kier alpha value is -2.34. The van der Waals surface area contributed by atoms with Crippen LogP contribution in [0.4, 0.5) is 0 Å². The Morgan fingerprint density at radius 2 is 1.90 bits per heavy atom. The number of nitrogens with two attached hydrogens (primary N) is 1. The van der Waals surface area contributed by atoms with Crippen molar-refractivity contribution in [3.05, 3.63) is 63.6 Å². The van der Waals surface area contributed by atoms with Gasteiger partial charge in [0.05, 0.1) is 5.56 Å². The van der Waals surface area contributed by atoms with Crippen molar-refractivity contribution in [2.24, 2.45) is 5.73 Å². The summed E-state index contributed by atoms with van der Waals surface area (Å²) in [5.74, 6) is -0.995. The number of rotatable bonds is 5. The molecule has 0 fully saturated rings. The summed E-state index contributed by atoms with van der Waals surface area (Å²) in [5, 5.41) is 8.89. The highest BCUT2D eigenvalue weighted by atomic mass is 79.9. The highest BCUT2D eigenvalue weighted by Crippen LogP contribution is 2.21. The standard InChI is InChI=1S/C15H12BrNO4/c16-13-7-10(15(19)20)4-5-11(13)8-21-12-3-1-2-9(6-12)14(17)18/h1-7H,8H2,(H2,17,18)(H,19,20). The zero-order valence-corrected chi connectivity index (χ0v) is 12.5. The van der Waals surface area contributed by atoms with Crippen LogP contribution in [-0.4, -0.2) is 17.0 Å². The van der Waals surface area contributed by atoms with Crippen LogP contribution in [0.25, 0.3) is 0 Å². The maximum atomic E-state index is 11.1. The van der Waals surface area contributed by atoms with Gasteiger partial charge in [0.15, 0.2) is 0 Å². The zero-order valence-electron chi connectivity index (χ0n) is 10.9. The quantitative estimate of drug-likeness (QED) is 0.868. The van der Waals surface area contributed by atoms with Crippen LogP contribution in [0, 0.1) is 0 Å². The highest BCUT2D eigenvalue weighted by molar-refractivity contribution is 9.10. The summed E-state index contributed by atoms with van der Waals surface area (Å²) in [6.45, 7) is 0.239. The third kappa shape index (κ3) is 3.82. The summed E-state index contributed by atoms with van der Waals surface area (Å²) in [6, 6.07) is 11.2. The van der Waals surface area contributed by atoms with Crippen LogP contribution in [0.1, 0.15) is 26.3 Å². The van der Waals surface area contributed by atoms with Gasteiger partial charge in [0.25, 0.3) is 0 Å². The van der Waals surface area contributed by atoms with Crippen molar-refractivity contribution in [1.29, 1.82) is 0 Å². The zero-order chi connectivity index (χ0) is 15.4. The summed E-state index contributed by atoms with van der Waals surface area (Å²) < 4.78 is 6.23. The van der Waals surface area contributed by atoms with Crippen molar-refractivity contribution in [1.82, 2.24) is 0 Å². The molecule has 0 unspecified atom stereocenters. The van der Waals surface area contributed by atoms with Crippen LogP contribution in [0.3, 0.4) is 0 Å². The van der Waals surface area contributed by atoms with E-state index in [-0.39, 0.29) is 12.2 Å². The highest BCUT2D eigenvalue weighted by Gasteiger charge is 2.08. The first kappa shape index (κ1) is 15.1. The normalized spacial score (nSPS) is 10.1. The van der Waals surface area contributed by atoms with Crippen LogP contribution in [0.5, 0.6) is 5.75 Å². The number of carbonyl (C=O) groups is 2. The first-order valence-electron chi connectivity index (χ1n) is 6.02. The van der Waals surface area contributed by atoms with Gasteiger partial charge in [0.1, 0.15) is 12.4 Å². The van der Waals surface area contributed by atoms with E-state index in [2.05, 4.69) is 15.9 Å². The average molecular weight is 350 g/mol. The molecule has 5 nitrogen and oxygen atoms in total. The molecule has 0 bridgehead atoms. The molecule has 108 valence electrons. The maximum absolute atomic E-state index is 11.1. The van der Waals surface area contributed by atoms with Gasteiger partial charge in [0.2, 0.25) is 5.91 Å². The van der Waals surface area contributed by atoms with Crippen LogP contribution in [0.15, 0.2) is 46.9 Å². The molecular formula is C15H12BrNO4. The first-order valence-corrected chi connectivity index (χ1v) is 6.81. The first-order chi connectivity index (χ1) is 9.97. The van der Waals surface area contributed by atoms with E-state index in [1.807, 2.05) is 0 Å². The van der Waals surface area contributed by atoms with Gasteiger partial charge in [0, 0.05) is 15.6 Å². The van der Waals surface area contributed by atoms with Crippen LogP contribution >= 0.6 is 15.9 Å². The third-order valence-electron chi connectivity index (χ3n) is 2.81. The minimum Gasteiger partial charge on any atom is -0.489 e. The summed E-state index contributed by atoms with van der Waals surface area (Å²) in [6.07, 6.45) is 0. The molecule has 0 aliphatic carbocycles. The molecule has 3 N–H and O–H groups in total. The molecule has 6 heteroatoms. The van der Waals surface area contributed by atoms with Crippen LogP contribution in [-0.2, 0) is 6.61 Å². The molecule has 2 aromatic rings. The molecule has 2 rings (SSSR count). The maximum Gasteiger partial charge on any atom is 0.335 e. The number of carbonyl (C=O) groups excluding carboxylic acids is 1. The number of carboxylic acids is 1. The second-order valence-corrected chi connectivity index (χ2v) is 5.15. The van der Waals surface area contributed by atoms with Crippen molar-refractivity contribution in [3.8, 4) is 5.75 Å². The number of carboxylic acid groups (broad SMARTS) is 1. The van der Waals surface area contributed by atoms with Crippen molar-refractivity contribution in [3.63, 3.8) is 0 Å². The fraction of sp³-hybridized carbons (Fsp3) is 0.0667. The Morgan fingerprint density at radius 3 is 2.52 bits per heavy atom. The SMILES string of the molecule is NC(=O)c1cccc(OCc2ccc(C(=O)O)cc2Br)c1. The summed E-state index contributed by atoms with van der Waals surface area (Å²) in [4.78, 5) is 21.9. The molecule has 0 atom stereocenters. The predicted octanol–water partition coefficient (Wildman–Crippen LogP) is 2.83. The predicted molar refractivity (Wildman–Crippen MR) is 80.4 cm³/mol. The number of primary amides is 1. The lowest BCUT2D eigenvalue weighted by Gasteiger charge is -2.09. The van der Waals surface area contributed by atoms with Crippen molar-refractivity contribution in [2.75, 3.05) is 0 Å². The number of amides is 1. The number of aromatic carboxylic acids is 1. The lowest BCUT2D eigenvalue weighted by Crippen LogP contribution is -2.10. The van der Waals surface area contributed by atoms with Gasteiger partial charge < -0.3 is 15.6 Å². The molecule has 0 aliphatic heterocycles. The number of hydrogen-bond donors (Lipinski definition) is 2. The van der Waals surface area contributed by atoms with Crippen molar-refractivity contribution >= 4 is 27.8 Å². The molecule has 0 saturated heterocycles. The Balaban J connectivity index is 2.11. The Labute approximate surface area is 129 Å². The van der Waals surface area contributed by atoms with Crippen LogP contribution in [0.2, 0.25) is 0 Å². The van der Waals surface area contributed by atoms with Gasteiger partial charge in [-0.2, -0.15) is 0 Å². The Bertz CT molecular complexity index is 700. The average Bonchev–Trinajstić information content (AvgIpc) is 2.46. The summed E-state index contributed by atoms with van der Waals surface area (Å²) in [5.41, 5.74) is 6.56. The number of halogens is 1. The van der Waals surface area contributed by atoms with Gasteiger partial charge >= 0.3 is 5.97 Å². The van der Waals surface area contributed by atoms with Gasteiger partial charge in [-0.15, -0.1) is 0 Å². The van der Waals surface area contributed by atoms with E-state index in [4.69, 9.17) is 15.6 Å². The molecular weight excluding hydrogens is 338 g/mol. The molecule has 2 aromatic carbocycles. The van der Waals surface area contributed by atoms with Crippen molar-refractivity contribution in [2.45, 2.75) is 6.61 Å². The topological polar surface area (TPSA) is 89.6 Å². The molecule has 0 heterocycles. The van der Waals surface area contributed by atoms with Gasteiger partial charge in [-0.05, 0) is 30.3 Å². The molecule has 0 aromatic heterocycles. The van der Waals surface area contributed by atoms with E-state index in [9.17, 15) is 9.59 Å². The summed E-state index contributed by atoms with van der Waals surface area (Å²) in [7, 11) is 0. The number of hydrogen-bond acceptors (Lipinski definition) is 3.